The molecule has 3 aromatic rings. The highest BCUT2D eigenvalue weighted by atomic mass is 16.5. The highest BCUT2D eigenvalue weighted by molar-refractivity contribution is 5.70. The van der Waals surface area contributed by atoms with Crippen molar-refractivity contribution in [3.8, 4) is 11.5 Å². The first kappa shape index (κ1) is 22.9. The van der Waals surface area contributed by atoms with Gasteiger partial charge in [-0.25, -0.2) is 0 Å². The zero-order valence-electron chi connectivity index (χ0n) is 19.2. The molecule has 2 unspecified atom stereocenters. The molecule has 1 aliphatic rings. The van der Waals surface area contributed by atoms with Crippen molar-refractivity contribution in [1.82, 2.24) is 4.90 Å². The summed E-state index contributed by atoms with van der Waals surface area (Å²) in [4.78, 5) is 14.0. The number of carboxylic acid groups (broad SMARTS) is 1. The van der Waals surface area contributed by atoms with Crippen molar-refractivity contribution in [2.24, 2.45) is 5.92 Å². The van der Waals surface area contributed by atoms with Crippen LogP contribution in [0.3, 0.4) is 0 Å². The van der Waals surface area contributed by atoms with Crippen LogP contribution in [-0.2, 0) is 11.4 Å². The van der Waals surface area contributed by atoms with Crippen molar-refractivity contribution in [3.05, 3.63) is 95.1 Å². The fraction of sp³-hybridized carbons (Fsp3) is 0.321. The Hall–Kier alpha value is -3.31. The van der Waals surface area contributed by atoms with Crippen LogP contribution in [0.4, 0.5) is 0 Å². The van der Waals surface area contributed by atoms with Crippen LogP contribution in [0.15, 0.2) is 72.8 Å². The van der Waals surface area contributed by atoms with Crippen LogP contribution in [0, 0.1) is 12.8 Å². The molecule has 0 bridgehead atoms. The van der Waals surface area contributed by atoms with Crippen molar-refractivity contribution in [1.29, 1.82) is 0 Å². The van der Waals surface area contributed by atoms with Gasteiger partial charge in [-0.3, -0.25) is 9.69 Å². The summed E-state index contributed by atoms with van der Waals surface area (Å²) in [6.07, 6.45) is 1.59. The number of benzene rings is 3. The number of likely N-dealkylation sites (tertiary alicyclic amines) is 1. The highest BCUT2D eigenvalue weighted by Crippen LogP contribution is 2.37. The molecule has 0 amide bonds. The molecule has 1 N–H and O–H groups in total. The Bertz CT molecular complexity index is 1080. The molecule has 2 atom stereocenters. The lowest BCUT2D eigenvalue weighted by molar-refractivity contribution is -0.143. The van der Waals surface area contributed by atoms with Gasteiger partial charge >= 0.3 is 5.97 Å². The predicted octanol–water partition coefficient (Wildman–Crippen LogP) is 5.47. The summed E-state index contributed by atoms with van der Waals surface area (Å²) >= 11 is 0. The van der Waals surface area contributed by atoms with Gasteiger partial charge in [-0.15, -0.1) is 0 Å². The van der Waals surface area contributed by atoms with Crippen molar-refractivity contribution < 1.29 is 19.4 Å². The smallest absolute Gasteiger partial charge is 0.307 e. The van der Waals surface area contributed by atoms with Crippen molar-refractivity contribution in [2.45, 2.75) is 32.4 Å². The first-order valence-corrected chi connectivity index (χ1v) is 11.4. The molecule has 0 radical (unpaired) electrons. The SMILES string of the molecule is COc1cc(C(c2cccc(C)c2)N2CCCC(C(=O)O)C2)ccc1OCc1ccccc1. The van der Waals surface area contributed by atoms with Gasteiger partial charge in [0.1, 0.15) is 6.61 Å². The molecule has 1 heterocycles. The first-order chi connectivity index (χ1) is 16.0. The van der Waals surface area contributed by atoms with E-state index in [0.717, 1.165) is 36.1 Å². The van der Waals surface area contributed by atoms with E-state index < -0.39 is 5.97 Å². The van der Waals surface area contributed by atoms with Gasteiger partial charge in [0.25, 0.3) is 0 Å². The van der Waals surface area contributed by atoms with E-state index in [-0.39, 0.29) is 12.0 Å². The molecule has 1 aliphatic heterocycles. The minimum absolute atomic E-state index is 0.0517. The molecule has 0 saturated carbocycles. The lowest BCUT2D eigenvalue weighted by Gasteiger charge is -2.38. The number of rotatable bonds is 8. The van der Waals surface area contributed by atoms with E-state index in [1.54, 1.807) is 7.11 Å². The fourth-order valence-electron chi connectivity index (χ4n) is 4.61. The zero-order chi connectivity index (χ0) is 23.2. The van der Waals surface area contributed by atoms with Gasteiger partial charge in [-0.1, -0.05) is 66.2 Å². The molecule has 33 heavy (non-hydrogen) atoms. The van der Waals surface area contributed by atoms with Crippen LogP contribution in [-0.4, -0.2) is 36.2 Å². The maximum Gasteiger partial charge on any atom is 0.307 e. The van der Waals surface area contributed by atoms with Gasteiger partial charge in [0.2, 0.25) is 0 Å². The number of aryl methyl sites for hydroxylation is 1. The molecule has 5 nitrogen and oxygen atoms in total. The highest BCUT2D eigenvalue weighted by Gasteiger charge is 2.31. The third-order valence-electron chi connectivity index (χ3n) is 6.27. The molecular weight excluding hydrogens is 414 g/mol. The summed E-state index contributed by atoms with van der Waals surface area (Å²) in [7, 11) is 1.65. The molecular formula is C28H31NO4. The second kappa shape index (κ2) is 10.5. The Kier molecular flexibility index (Phi) is 7.30. The van der Waals surface area contributed by atoms with E-state index in [4.69, 9.17) is 9.47 Å². The number of hydrogen-bond acceptors (Lipinski definition) is 4. The van der Waals surface area contributed by atoms with E-state index in [2.05, 4.69) is 42.2 Å². The third-order valence-corrected chi connectivity index (χ3v) is 6.27. The van der Waals surface area contributed by atoms with E-state index in [1.165, 1.54) is 5.56 Å². The Morgan fingerprint density at radius 2 is 1.82 bits per heavy atom. The Morgan fingerprint density at radius 1 is 1.03 bits per heavy atom. The average Bonchev–Trinajstić information content (AvgIpc) is 2.84. The largest absolute Gasteiger partial charge is 0.493 e. The Labute approximate surface area is 195 Å². The number of ether oxygens (including phenoxy) is 2. The quantitative estimate of drug-likeness (QED) is 0.498. The molecule has 3 aromatic carbocycles. The minimum atomic E-state index is -0.718. The molecule has 0 aliphatic carbocycles. The lowest BCUT2D eigenvalue weighted by Crippen LogP contribution is -2.41. The van der Waals surface area contributed by atoms with Crippen LogP contribution in [0.25, 0.3) is 0 Å². The summed E-state index contributed by atoms with van der Waals surface area (Å²) in [6.45, 7) is 3.93. The zero-order valence-corrected chi connectivity index (χ0v) is 19.2. The molecule has 0 aromatic heterocycles. The number of carboxylic acids is 1. The second-order valence-electron chi connectivity index (χ2n) is 8.67. The van der Waals surface area contributed by atoms with E-state index >= 15 is 0 Å². The Morgan fingerprint density at radius 3 is 2.55 bits per heavy atom. The monoisotopic (exact) mass is 445 g/mol. The number of hydrogen-bond donors (Lipinski definition) is 1. The van der Waals surface area contributed by atoms with Gasteiger partial charge in [0.05, 0.1) is 19.1 Å². The van der Waals surface area contributed by atoms with Crippen molar-refractivity contribution in [2.75, 3.05) is 20.2 Å². The summed E-state index contributed by atoms with van der Waals surface area (Å²) in [5.41, 5.74) is 4.49. The number of piperidine rings is 1. The summed E-state index contributed by atoms with van der Waals surface area (Å²) in [6, 6.07) is 24.5. The van der Waals surface area contributed by atoms with Gasteiger partial charge < -0.3 is 14.6 Å². The maximum atomic E-state index is 11.7. The second-order valence-corrected chi connectivity index (χ2v) is 8.67. The predicted molar refractivity (Wildman–Crippen MR) is 129 cm³/mol. The van der Waals surface area contributed by atoms with Gasteiger partial charge in [-0.05, 0) is 55.1 Å². The van der Waals surface area contributed by atoms with E-state index in [1.807, 2.05) is 42.5 Å². The molecule has 5 heteroatoms. The number of methoxy groups -OCH3 is 1. The molecule has 4 rings (SSSR count). The number of carbonyl (C=O) groups is 1. The van der Waals surface area contributed by atoms with Crippen LogP contribution < -0.4 is 9.47 Å². The van der Waals surface area contributed by atoms with Crippen LogP contribution >= 0.6 is 0 Å². The fourth-order valence-corrected chi connectivity index (χ4v) is 4.61. The summed E-state index contributed by atoms with van der Waals surface area (Å²) in [5, 5.41) is 9.63. The number of aliphatic carboxylic acids is 1. The third kappa shape index (κ3) is 5.55. The minimum Gasteiger partial charge on any atom is -0.493 e. The summed E-state index contributed by atoms with van der Waals surface area (Å²) in [5.74, 6) is 0.300. The van der Waals surface area contributed by atoms with E-state index in [0.29, 0.717) is 24.7 Å². The topological polar surface area (TPSA) is 59.0 Å². The average molecular weight is 446 g/mol. The Balaban J connectivity index is 1.65. The van der Waals surface area contributed by atoms with Crippen LogP contribution in [0.1, 0.15) is 41.1 Å². The maximum absolute atomic E-state index is 11.7. The van der Waals surface area contributed by atoms with Gasteiger partial charge in [0, 0.05) is 6.54 Å². The van der Waals surface area contributed by atoms with Crippen molar-refractivity contribution >= 4 is 5.97 Å². The molecule has 0 spiro atoms. The van der Waals surface area contributed by atoms with Gasteiger partial charge in [0.15, 0.2) is 11.5 Å². The normalized spacial score (nSPS) is 17.3. The standard InChI is InChI=1S/C28H31NO4/c1-20-8-6-11-22(16-20)27(29-15-7-12-24(18-29)28(30)31)23-13-14-25(26(17-23)32-2)33-19-21-9-4-3-5-10-21/h3-6,8-11,13-14,16-17,24,27H,7,12,15,18-19H2,1-2H3,(H,30,31). The first-order valence-electron chi connectivity index (χ1n) is 11.4. The summed E-state index contributed by atoms with van der Waals surface area (Å²) < 4.78 is 11.7. The van der Waals surface area contributed by atoms with E-state index in [9.17, 15) is 9.90 Å². The lowest BCUT2D eigenvalue weighted by atomic mass is 9.90. The van der Waals surface area contributed by atoms with Gasteiger partial charge in [-0.2, -0.15) is 0 Å². The molecule has 1 fully saturated rings. The number of nitrogens with zero attached hydrogens (tertiary/aromatic N) is 1. The molecule has 172 valence electrons. The van der Waals surface area contributed by atoms with Crippen molar-refractivity contribution in [3.63, 3.8) is 0 Å². The van der Waals surface area contributed by atoms with Crippen LogP contribution in [0.2, 0.25) is 0 Å². The van der Waals surface area contributed by atoms with Crippen LogP contribution in [0.5, 0.6) is 11.5 Å². The molecule has 1 saturated heterocycles.